The van der Waals surface area contributed by atoms with E-state index in [-0.39, 0.29) is 18.3 Å². The minimum Gasteiger partial charge on any atom is -0.426 e. The van der Waals surface area contributed by atoms with Crippen molar-refractivity contribution in [1.82, 2.24) is 0 Å². The Balaban J connectivity index is 1.49. The van der Waals surface area contributed by atoms with Gasteiger partial charge in [-0.2, -0.15) is 0 Å². The molecular weight excluding hydrogens is 362 g/mol. The molecule has 3 aromatic carbocycles. The first-order chi connectivity index (χ1) is 13.0. The van der Waals surface area contributed by atoms with Crippen molar-refractivity contribution in [2.75, 3.05) is 11.4 Å². The number of hydrogen-bond acceptors (Lipinski definition) is 3. The first-order valence-corrected chi connectivity index (χ1v) is 9.16. The van der Waals surface area contributed by atoms with Gasteiger partial charge in [0, 0.05) is 23.7 Å². The fraction of sp³-hybridized carbons (Fsp3) is 0.182. The summed E-state index contributed by atoms with van der Waals surface area (Å²) in [5.74, 6) is -0.498. The Labute approximate surface area is 162 Å². The summed E-state index contributed by atoms with van der Waals surface area (Å²) in [4.78, 5) is 26.6. The molecule has 4 nitrogen and oxygen atoms in total. The van der Waals surface area contributed by atoms with Crippen LogP contribution in [-0.2, 0) is 9.59 Å². The van der Waals surface area contributed by atoms with Crippen molar-refractivity contribution in [2.45, 2.75) is 13.3 Å². The van der Waals surface area contributed by atoms with Crippen LogP contribution in [0.2, 0.25) is 5.02 Å². The molecule has 27 heavy (non-hydrogen) atoms. The van der Waals surface area contributed by atoms with Gasteiger partial charge in [-0.1, -0.05) is 48.0 Å². The number of halogens is 1. The summed E-state index contributed by atoms with van der Waals surface area (Å²) >= 11 is 6.16. The second kappa shape index (κ2) is 7.05. The number of ether oxygens (including phenoxy) is 1. The molecule has 1 fully saturated rings. The molecule has 1 heterocycles. The Morgan fingerprint density at radius 2 is 1.85 bits per heavy atom. The highest BCUT2D eigenvalue weighted by Crippen LogP contribution is 2.30. The van der Waals surface area contributed by atoms with E-state index in [1.165, 1.54) is 0 Å². The lowest BCUT2D eigenvalue weighted by Crippen LogP contribution is -2.27. The minimum absolute atomic E-state index is 0.101. The molecule has 4 rings (SSSR count). The van der Waals surface area contributed by atoms with Crippen molar-refractivity contribution in [3.63, 3.8) is 0 Å². The zero-order valence-electron chi connectivity index (χ0n) is 14.8. The van der Waals surface area contributed by atoms with Gasteiger partial charge in [0.15, 0.2) is 0 Å². The van der Waals surface area contributed by atoms with Gasteiger partial charge in [-0.15, -0.1) is 0 Å². The predicted molar refractivity (Wildman–Crippen MR) is 106 cm³/mol. The molecule has 1 atom stereocenters. The topological polar surface area (TPSA) is 46.6 Å². The lowest BCUT2D eigenvalue weighted by atomic mass is 10.1. The number of hydrogen-bond donors (Lipinski definition) is 0. The van der Waals surface area contributed by atoms with Gasteiger partial charge < -0.3 is 9.64 Å². The van der Waals surface area contributed by atoms with Crippen LogP contribution < -0.4 is 9.64 Å². The quantitative estimate of drug-likeness (QED) is 0.487. The highest BCUT2D eigenvalue weighted by atomic mass is 35.5. The fourth-order valence-electron chi connectivity index (χ4n) is 3.30. The Bertz CT molecular complexity index is 1050. The maximum absolute atomic E-state index is 12.6. The summed E-state index contributed by atoms with van der Waals surface area (Å²) < 4.78 is 5.54. The standard InChI is InChI=1S/C22H18ClNO3/c1-14-6-8-18(12-20(14)23)24-13-17(11-21(24)25)22(26)27-19-9-7-15-4-2-3-5-16(15)10-19/h2-10,12,17H,11,13H2,1H3/t17-/m0/s1. The van der Waals surface area contributed by atoms with Gasteiger partial charge in [0.2, 0.25) is 5.91 Å². The van der Waals surface area contributed by atoms with Gasteiger partial charge in [0.25, 0.3) is 0 Å². The molecule has 0 bridgehead atoms. The number of nitrogens with zero attached hydrogens (tertiary/aromatic N) is 1. The van der Waals surface area contributed by atoms with E-state index in [0.29, 0.717) is 23.0 Å². The lowest BCUT2D eigenvalue weighted by Gasteiger charge is -2.17. The monoisotopic (exact) mass is 379 g/mol. The maximum Gasteiger partial charge on any atom is 0.316 e. The number of benzene rings is 3. The molecule has 0 aromatic heterocycles. The second-order valence-corrected chi connectivity index (χ2v) is 7.18. The predicted octanol–water partition coefficient (Wildman–Crippen LogP) is 4.76. The molecule has 5 heteroatoms. The summed E-state index contributed by atoms with van der Waals surface area (Å²) in [6.45, 7) is 2.20. The molecule has 1 aliphatic rings. The molecule has 1 saturated heterocycles. The van der Waals surface area contributed by atoms with Crippen LogP contribution in [-0.4, -0.2) is 18.4 Å². The van der Waals surface area contributed by atoms with Crippen LogP contribution in [0.5, 0.6) is 5.75 Å². The second-order valence-electron chi connectivity index (χ2n) is 6.77. The van der Waals surface area contributed by atoms with E-state index in [1.807, 2.05) is 55.5 Å². The number of carbonyl (C=O) groups excluding carboxylic acids is 2. The third-order valence-electron chi connectivity index (χ3n) is 4.86. The Morgan fingerprint density at radius 1 is 1.07 bits per heavy atom. The van der Waals surface area contributed by atoms with Crippen molar-refractivity contribution in [3.05, 3.63) is 71.2 Å². The summed E-state index contributed by atoms with van der Waals surface area (Å²) in [7, 11) is 0. The molecule has 0 spiro atoms. The van der Waals surface area contributed by atoms with Crippen molar-refractivity contribution >= 4 is 39.9 Å². The van der Waals surface area contributed by atoms with Crippen LogP contribution in [0.1, 0.15) is 12.0 Å². The van der Waals surface area contributed by atoms with Crippen LogP contribution in [0.15, 0.2) is 60.7 Å². The summed E-state index contributed by atoms with van der Waals surface area (Å²) in [6, 6.07) is 18.9. The van der Waals surface area contributed by atoms with Crippen LogP contribution in [0.3, 0.4) is 0 Å². The molecule has 0 radical (unpaired) electrons. The molecule has 136 valence electrons. The van der Waals surface area contributed by atoms with Crippen molar-refractivity contribution in [3.8, 4) is 5.75 Å². The van der Waals surface area contributed by atoms with Crippen LogP contribution in [0.25, 0.3) is 10.8 Å². The van der Waals surface area contributed by atoms with E-state index in [9.17, 15) is 9.59 Å². The molecule has 1 amide bonds. The number of aryl methyl sites for hydroxylation is 1. The van der Waals surface area contributed by atoms with Gasteiger partial charge in [-0.05, 0) is 47.5 Å². The van der Waals surface area contributed by atoms with E-state index >= 15 is 0 Å². The fourth-order valence-corrected chi connectivity index (χ4v) is 3.47. The Kier molecular flexibility index (Phi) is 4.58. The van der Waals surface area contributed by atoms with E-state index in [0.717, 1.165) is 16.3 Å². The summed E-state index contributed by atoms with van der Waals surface area (Å²) in [5, 5.41) is 2.68. The molecule has 1 aliphatic heterocycles. The number of fused-ring (bicyclic) bond motifs is 1. The van der Waals surface area contributed by atoms with Gasteiger partial charge in [0.05, 0.1) is 5.92 Å². The SMILES string of the molecule is Cc1ccc(N2C[C@@H](C(=O)Oc3ccc4ccccc4c3)CC2=O)cc1Cl. The molecule has 0 aliphatic carbocycles. The van der Waals surface area contributed by atoms with E-state index in [1.54, 1.807) is 17.0 Å². The highest BCUT2D eigenvalue weighted by molar-refractivity contribution is 6.31. The minimum atomic E-state index is -0.496. The zero-order chi connectivity index (χ0) is 19.0. The van der Waals surface area contributed by atoms with Crippen molar-refractivity contribution < 1.29 is 14.3 Å². The molecule has 0 unspecified atom stereocenters. The van der Waals surface area contributed by atoms with E-state index in [2.05, 4.69) is 0 Å². The summed E-state index contributed by atoms with van der Waals surface area (Å²) in [5.41, 5.74) is 1.65. The van der Waals surface area contributed by atoms with Crippen LogP contribution >= 0.6 is 11.6 Å². The lowest BCUT2D eigenvalue weighted by molar-refractivity contribution is -0.139. The number of amides is 1. The van der Waals surface area contributed by atoms with Crippen LogP contribution in [0.4, 0.5) is 5.69 Å². The normalized spacial score (nSPS) is 16.7. The van der Waals surface area contributed by atoms with Gasteiger partial charge >= 0.3 is 5.97 Å². The average Bonchev–Trinajstić information content (AvgIpc) is 3.06. The van der Waals surface area contributed by atoms with Crippen LogP contribution in [0, 0.1) is 12.8 Å². The van der Waals surface area contributed by atoms with Crippen molar-refractivity contribution in [1.29, 1.82) is 0 Å². The number of carbonyl (C=O) groups is 2. The van der Waals surface area contributed by atoms with Crippen molar-refractivity contribution in [2.24, 2.45) is 5.92 Å². The first kappa shape index (κ1) is 17.6. The zero-order valence-corrected chi connectivity index (χ0v) is 15.6. The maximum atomic E-state index is 12.6. The summed E-state index contributed by atoms with van der Waals surface area (Å²) in [6.07, 6.45) is 0.137. The smallest absolute Gasteiger partial charge is 0.316 e. The molecule has 0 N–H and O–H groups in total. The number of esters is 1. The molecule has 0 saturated carbocycles. The third-order valence-corrected chi connectivity index (χ3v) is 5.27. The van der Waals surface area contributed by atoms with E-state index < -0.39 is 5.92 Å². The number of anilines is 1. The van der Waals surface area contributed by atoms with Gasteiger partial charge in [-0.25, -0.2) is 0 Å². The molecular formula is C22H18ClNO3. The molecule has 3 aromatic rings. The van der Waals surface area contributed by atoms with Gasteiger partial charge in [-0.3, -0.25) is 9.59 Å². The number of rotatable bonds is 3. The average molecular weight is 380 g/mol. The largest absolute Gasteiger partial charge is 0.426 e. The first-order valence-electron chi connectivity index (χ1n) is 8.78. The van der Waals surface area contributed by atoms with Gasteiger partial charge in [0.1, 0.15) is 5.75 Å². The van der Waals surface area contributed by atoms with E-state index in [4.69, 9.17) is 16.3 Å². The Hall–Kier alpha value is -2.85. The third kappa shape index (κ3) is 3.53. The highest BCUT2D eigenvalue weighted by Gasteiger charge is 2.36. The Morgan fingerprint density at radius 3 is 2.63 bits per heavy atom.